The van der Waals surface area contributed by atoms with Crippen LogP contribution in [-0.4, -0.2) is 22.9 Å². The van der Waals surface area contributed by atoms with Crippen molar-refractivity contribution < 1.29 is 9.53 Å². The number of esters is 1. The molecule has 1 rings (SSSR count). The summed E-state index contributed by atoms with van der Waals surface area (Å²) in [7, 11) is 3.02. The summed E-state index contributed by atoms with van der Waals surface area (Å²) < 4.78 is 6.03. The number of ether oxygens (including phenoxy) is 1. The Morgan fingerprint density at radius 2 is 2.21 bits per heavy atom. The van der Waals surface area contributed by atoms with E-state index in [2.05, 4.69) is 9.84 Å². The van der Waals surface area contributed by atoms with E-state index in [0.717, 1.165) is 0 Å². The Labute approximate surface area is 94.4 Å². The molecule has 1 atom stereocenters. The third kappa shape index (κ3) is 3.17. The maximum Gasteiger partial charge on any atom is 0.328 e. The predicted molar refractivity (Wildman–Crippen MR) is 56.6 cm³/mol. The van der Waals surface area contributed by atoms with Crippen LogP contribution in [0.2, 0.25) is 0 Å². The number of aryl methyl sites for hydroxylation is 1. The SMILES string of the molecule is COC(=O)C(N)c1ccnn1C.Cl.Cl. The molecule has 1 unspecified atom stereocenters. The third-order valence-corrected chi connectivity index (χ3v) is 1.63. The molecule has 0 amide bonds. The molecular weight excluding hydrogens is 229 g/mol. The summed E-state index contributed by atoms with van der Waals surface area (Å²) in [6.07, 6.45) is 1.58. The lowest BCUT2D eigenvalue weighted by atomic mass is 10.2. The number of hydrogen-bond acceptors (Lipinski definition) is 4. The van der Waals surface area contributed by atoms with Crippen molar-refractivity contribution >= 4 is 30.8 Å². The molecule has 0 saturated heterocycles. The monoisotopic (exact) mass is 241 g/mol. The number of methoxy groups -OCH3 is 1. The predicted octanol–water partition coefficient (Wildman–Crippen LogP) is 0.436. The van der Waals surface area contributed by atoms with Crippen molar-refractivity contribution in [2.24, 2.45) is 12.8 Å². The minimum atomic E-state index is -0.748. The number of hydrogen-bond donors (Lipinski definition) is 1. The Morgan fingerprint density at radius 1 is 1.64 bits per heavy atom. The molecule has 0 aliphatic carbocycles. The van der Waals surface area contributed by atoms with Crippen LogP contribution >= 0.6 is 24.8 Å². The van der Waals surface area contributed by atoms with Gasteiger partial charge in [-0.1, -0.05) is 0 Å². The van der Waals surface area contributed by atoms with Crippen LogP contribution in [0.1, 0.15) is 11.7 Å². The Balaban J connectivity index is 0. The van der Waals surface area contributed by atoms with Crippen LogP contribution in [0.4, 0.5) is 0 Å². The summed E-state index contributed by atoms with van der Waals surface area (Å²) in [5.41, 5.74) is 6.20. The Kier molecular flexibility index (Phi) is 7.44. The second-order valence-corrected chi connectivity index (χ2v) is 2.38. The first kappa shape index (κ1) is 15.7. The van der Waals surface area contributed by atoms with Gasteiger partial charge in [-0.05, 0) is 6.07 Å². The van der Waals surface area contributed by atoms with Gasteiger partial charge in [0.05, 0.1) is 12.8 Å². The van der Waals surface area contributed by atoms with Gasteiger partial charge in [-0.3, -0.25) is 4.68 Å². The quantitative estimate of drug-likeness (QED) is 0.764. The second-order valence-electron chi connectivity index (χ2n) is 2.38. The van der Waals surface area contributed by atoms with E-state index in [1.807, 2.05) is 0 Å². The van der Waals surface area contributed by atoms with Crippen molar-refractivity contribution in [3.8, 4) is 0 Å². The standard InChI is InChI=1S/C7H11N3O2.2ClH/c1-10-5(3-4-9-10)6(8)7(11)12-2;;/h3-4,6H,8H2,1-2H3;2*1H. The van der Waals surface area contributed by atoms with E-state index in [4.69, 9.17) is 5.73 Å². The Bertz CT molecular complexity index is 290. The normalized spacial score (nSPS) is 10.8. The van der Waals surface area contributed by atoms with Gasteiger partial charge in [0.15, 0.2) is 0 Å². The fraction of sp³-hybridized carbons (Fsp3) is 0.429. The van der Waals surface area contributed by atoms with Gasteiger partial charge < -0.3 is 10.5 Å². The van der Waals surface area contributed by atoms with Gasteiger partial charge in [-0.15, -0.1) is 24.8 Å². The van der Waals surface area contributed by atoms with E-state index >= 15 is 0 Å². The molecule has 0 aromatic carbocycles. The molecule has 1 heterocycles. The highest BCUT2D eigenvalue weighted by molar-refractivity contribution is 5.85. The highest BCUT2D eigenvalue weighted by atomic mass is 35.5. The summed E-state index contributed by atoms with van der Waals surface area (Å²) in [6.45, 7) is 0. The number of rotatable bonds is 2. The van der Waals surface area contributed by atoms with Crippen LogP contribution in [0, 0.1) is 0 Å². The van der Waals surface area contributed by atoms with Gasteiger partial charge in [0.2, 0.25) is 0 Å². The first-order valence-electron chi connectivity index (χ1n) is 3.48. The Morgan fingerprint density at radius 3 is 2.57 bits per heavy atom. The first-order chi connectivity index (χ1) is 5.66. The highest BCUT2D eigenvalue weighted by Crippen LogP contribution is 2.08. The topological polar surface area (TPSA) is 70.1 Å². The molecule has 2 N–H and O–H groups in total. The van der Waals surface area contributed by atoms with Crippen LogP contribution in [0.25, 0.3) is 0 Å². The number of carbonyl (C=O) groups is 1. The molecule has 0 bridgehead atoms. The summed E-state index contributed by atoms with van der Waals surface area (Å²) in [6, 6.07) is 0.934. The number of halogens is 2. The zero-order chi connectivity index (χ0) is 9.14. The van der Waals surface area contributed by atoms with E-state index in [1.54, 1.807) is 24.0 Å². The molecule has 0 aliphatic rings. The van der Waals surface area contributed by atoms with Gasteiger partial charge >= 0.3 is 5.97 Å². The molecule has 0 fully saturated rings. The lowest BCUT2D eigenvalue weighted by molar-refractivity contribution is -0.142. The van der Waals surface area contributed by atoms with E-state index in [9.17, 15) is 4.79 Å². The van der Waals surface area contributed by atoms with Crippen molar-refractivity contribution in [1.29, 1.82) is 0 Å². The molecule has 14 heavy (non-hydrogen) atoms. The van der Waals surface area contributed by atoms with Crippen LogP contribution in [0.5, 0.6) is 0 Å². The average molecular weight is 242 g/mol. The number of aromatic nitrogens is 2. The minimum Gasteiger partial charge on any atom is -0.468 e. The van der Waals surface area contributed by atoms with E-state index in [1.165, 1.54) is 7.11 Å². The van der Waals surface area contributed by atoms with Crippen LogP contribution < -0.4 is 5.73 Å². The number of nitrogens with two attached hydrogens (primary N) is 1. The summed E-state index contributed by atoms with van der Waals surface area (Å²) in [5, 5.41) is 3.88. The molecule has 0 aliphatic heterocycles. The fourth-order valence-corrected chi connectivity index (χ4v) is 0.937. The number of carbonyl (C=O) groups excluding carboxylic acids is 1. The van der Waals surface area contributed by atoms with E-state index < -0.39 is 12.0 Å². The van der Waals surface area contributed by atoms with Gasteiger partial charge in [0, 0.05) is 13.2 Å². The van der Waals surface area contributed by atoms with Gasteiger partial charge in [-0.25, -0.2) is 4.79 Å². The zero-order valence-electron chi connectivity index (χ0n) is 7.84. The highest BCUT2D eigenvalue weighted by Gasteiger charge is 2.18. The fourth-order valence-electron chi connectivity index (χ4n) is 0.937. The zero-order valence-corrected chi connectivity index (χ0v) is 9.47. The van der Waals surface area contributed by atoms with Crippen molar-refractivity contribution in [2.45, 2.75) is 6.04 Å². The Hall–Kier alpha value is -0.780. The molecule has 0 radical (unpaired) electrons. The third-order valence-electron chi connectivity index (χ3n) is 1.63. The van der Waals surface area contributed by atoms with E-state index in [-0.39, 0.29) is 24.8 Å². The molecule has 7 heteroatoms. The van der Waals surface area contributed by atoms with Crippen LogP contribution in [0.3, 0.4) is 0 Å². The molecule has 82 valence electrons. The van der Waals surface area contributed by atoms with Gasteiger partial charge in [0.1, 0.15) is 6.04 Å². The second kappa shape index (κ2) is 6.64. The molecule has 1 aromatic rings. The van der Waals surface area contributed by atoms with Crippen LogP contribution in [0.15, 0.2) is 12.3 Å². The maximum absolute atomic E-state index is 11.0. The lowest BCUT2D eigenvalue weighted by Crippen LogP contribution is -2.24. The average Bonchev–Trinajstić information content (AvgIpc) is 2.48. The maximum atomic E-state index is 11.0. The van der Waals surface area contributed by atoms with Crippen molar-refractivity contribution in [2.75, 3.05) is 7.11 Å². The van der Waals surface area contributed by atoms with Crippen LogP contribution in [-0.2, 0) is 16.6 Å². The molecule has 1 aromatic heterocycles. The van der Waals surface area contributed by atoms with Gasteiger partial charge in [0.25, 0.3) is 0 Å². The largest absolute Gasteiger partial charge is 0.468 e. The summed E-state index contributed by atoms with van der Waals surface area (Å²) >= 11 is 0. The minimum absolute atomic E-state index is 0. The van der Waals surface area contributed by atoms with E-state index in [0.29, 0.717) is 5.69 Å². The smallest absolute Gasteiger partial charge is 0.328 e. The molecule has 0 spiro atoms. The first-order valence-corrected chi connectivity index (χ1v) is 3.48. The molecule has 0 saturated carbocycles. The van der Waals surface area contributed by atoms with Crippen molar-refractivity contribution in [1.82, 2.24) is 9.78 Å². The molecule has 5 nitrogen and oxygen atoms in total. The van der Waals surface area contributed by atoms with Gasteiger partial charge in [-0.2, -0.15) is 5.10 Å². The summed E-state index contributed by atoms with van der Waals surface area (Å²) in [4.78, 5) is 11.0. The summed E-state index contributed by atoms with van der Waals surface area (Å²) in [5.74, 6) is -0.460. The van der Waals surface area contributed by atoms with Crippen molar-refractivity contribution in [3.05, 3.63) is 18.0 Å². The molecular formula is C7H13Cl2N3O2. The lowest BCUT2D eigenvalue weighted by Gasteiger charge is -2.08. The number of nitrogens with zero attached hydrogens (tertiary/aromatic N) is 2. The van der Waals surface area contributed by atoms with Crippen molar-refractivity contribution in [3.63, 3.8) is 0 Å².